The SMILES string of the molecule is Cc1cc(C)c(C(=O)[PH](=O)c2ccccc2)c(C)c1.[K]. The first-order valence-corrected chi connectivity index (χ1v) is 7.63. The Morgan fingerprint density at radius 2 is 1.45 bits per heavy atom. The summed E-state index contributed by atoms with van der Waals surface area (Å²) >= 11 is 0. The molecule has 20 heavy (non-hydrogen) atoms. The van der Waals surface area contributed by atoms with E-state index in [1.54, 1.807) is 24.3 Å². The fraction of sp³-hybridized carbons (Fsp3) is 0.188. The minimum Gasteiger partial charge on any atom is -0.313 e. The second-order valence-corrected chi connectivity index (χ2v) is 6.49. The van der Waals surface area contributed by atoms with Crippen molar-refractivity contribution in [2.75, 3.05) is 0 Å². The van der Waals surface area contributed by atoms with Gasteiger partial charge in [0.2, 0.25) is 5.52 Å². The fourth-order valence-corrected chi connectivity index (χ4v) is 3.75. The van der Waals surface area contributed by atoms with Crippen LogP contribution in [-0.2, 0) is 4.57 Å². The first-order valence-electron chi connectivity index (χ1n) is 6.22. The van der Waals surface area contributed by atoms with E-state index in [9.17, 15) is 9.36 Å². The molecule has 1 unspecified atom stereocenters. The summed E-state index contributed by atoms with van der Waals surface area (Å²) in [6.45, 7) is 5.79. The summed E-state index contributed by atoms with van der Waals surface area (Å²) < 4.78 is 12.4. The standard InChI is InChI=1S/C16H17O2P.K/c1-11-9-12(2)15(13(3)10-11)16(17)19(18)14-7-5-4-6-8-14;/h4-10,19H,1-3H3;. The Balaban J connectivity index is 0.00000200. The van der Waals surface area contributed by atoms with Gasteiger partial charge >= 0.3 is 0 Å². The minimum absolute atomic E-state index is 0. The summed E-state index contributed by atoms with van der Waals surface area (Å²) in [5.41, 5.74) is 3.28. The quantitative estimate of drug-likeness (QED) is 0.644. The molecule has 0 bridgehead atoms. The maximum atomic E-state index is 12.4. The number of hydrogen-bond donors (Lipinski definition) is 0. The number of rotatable bonds is 3. The summed E-state index contributed by atoms with van der Waals surface area (Å²) in [7, 11) is -2.44. The van der Waals surface area contributed by atoms with Crippen LogP contribution in [-0.4, -0.2) is 56.9 Å². The van der Waals surface area contributed by atoms with Crippen molar-refractivity contribution in [1.82, 2.24) is 0 Å². The molecule has 0 aliphatic rings. The molecule has 0 saturated heterocycles. The maximum absolute atomic E-state index is 12.4. The van der Waals surface area contributed by atoms with Gasteiger partial charge in [0.25, 0.3) is 0 Å². The molecule has 4 heteroatoms. The molecule has 2 rings (SSSR count). The average molecular weight is 311 g/mol. The van der Waals surface area contributed by atoms with E-state index in [2.05, 4.69) is 0 Å². The van der Waals surface area contributed by atoms with Gasteiger partial charge < -0.3 is 4.57 Å². The number of benzene rings is 2. The predicted molar refractivity (Wildman–Crippen MR) is 85.8 cm³/mol. The summed E-state index contributed by atoms with van der Waals surface area (Å²) in [5.74, 6) is 0. The first kappa shape index (κ1) is 18.0. The molecule has 0 aliphatic heterocycles. The van der Waals surface area contributed by atoms with Crippen LogP contribution < -0.4 is 5.30 Å². The summed E-state index contributed by atoms with van der Waals surface area (Å²) in [5, 5.41) is 0.622. The smallest absolute Gasteiger partial charge is 0.223 e. The Labute approximate surface area is 163 Å². The van der Waals surface area contributed by atoms with Crippen molar-refractivity contribution < 1.29 is 9.36 Å². The van der Waals surface area contributed by atoms with Gasteiger partial charge in [0.1, 0.15) is 0 Å². The van der Waals surface area contributed by atoms with Crippen LogP contribution in [0.3, 0.4) is 0 Å². The third-order valence-electron chi connectivity index (χ3n) is 3.15. The topological polar surface area (TPSA) is 34.1 Å². The molecular formula is C16H17KO2P. The van der Waals surface area contributed by atoms with E-state index in [0.717, 1.165) is 16.7 Å². The van der Waals surface area contributed by atoms with Crippen LogP contribution >= 0.6 is 7.80 Å². The molecule has 0 fully saturated rings. The molecule has 0 N–H and O–H groups in total. The first-order chi connectivity index (χ1) is 9.00. The van der Waals surface area contributed by atoms with Crippen LogP contribution in [0.5, 0.6) is 0 Å². The molecule has 99 valence electrons. The Bertz CT molecular complexity index is 628. The molecule has 2 aromatic carbocycles. The molecule has 2 aromatic rings. The van der Waals surface area contributed by atoms with Crippen LogP contribution in [0, 0.1) is 20.8 Å². The van der Waals surface area contributed by atoms with Gasteiger partial charge in [-0.3, -0.25) is 4.79 Å². The van der Waals surface area contributed by atoms with Crippen molar-refractivity contribution in [3.8, 4) is 0 Å². The van der Waals surface area contributed by atoms with Gasteiger partial charge in [-0.25, -0.2) is 0 Å². The monoisotopic (exact) mass is 311 g/mol. The van der Waals surface area contributed by atoms with Gasteiger partial charge in [-0.2, -0.15) is 0 Å². The molecule has 0 aromatic heterocycles. The molecule has 2 nitrogen and oxygen atoms in total. The van der Waals surface area contributed by atoms with E-state index in [0.29, 0.717) is 10.9 Å². The van der Waals surface area contributed by atoms with Crippen molar-refractivity contribution in [1.29, 1.82) is 0 Å². The Hall–Kier alpha value is -0.0236. The summed E-state index contributed by atoms with van der Waals surface area (Å²) in [4.78, 5) is 12.4. The molecule has 0 saturated carbocycles. The van der Waals surface area contributed by atoms with E-state index < -0.39 is 7.80 Å². The average Bonchev–Trinajstić information content (AvgIpc) is 2.37. The molecule has 0 aliphatic carbocycles. The predicted octanol–water partition coefficient (Wildman–Crippen LogP) is 3.26. The molecule has 1 radical (unpaired) electrons. The van der Waals surface area contributed by atoms with Gasteiger partial charge in [-0.05, 0) is 31.9 Å². The largest absolute Gasteiger partial charge is 0.313 e. The van der Waals surface area contributed by atoms with Crippen molar-refractivity contribution >= 4 is 70.0 Å². The van der Waals surface area contributed by atoms with Crippen molar-refractivity contribution in [3.63, 3.8) is 0 Å². The van der Waals surface area contributed by atoms with E-state index in [1.807, 2.05) is 39.0 Å². The fourth-order valence-electron chi connectivity index (χ4n) is 2.37. The van der Waals surface area contributed by atoms with Gasteiger partial charge in [-0.15, -0.1) is 0 Å². The normalized spacial score (nSPS) is 11.6. The van der Waals surface area contributed by atoms with Crippen LogP contribution in [0.4, 0.5) is 0 Å². The van der Waals surface area contributed by atoms with Crippen LogP contribution in [0.1, 0.15) is 27.0 Å². The van der Waals surface area contributed by atoms with Gasteiger partial charge in [0, 0.05) is 62.3 Å². The zero-order valence-corrected chi connectivity index (χ0v) is 16.5. The molecule has 1 atom stereocenters. The van der Waals surface area contributed by atoms with Crippen LogP contribution in [0.25, 0.3) is 0 Å². The molecular weight excluding hydrogens is 294 g/mol. The van der Waals surface area contributed by atoms with Crippen LogP contribution in [0.15, 0.2) is 42.5 Å². The summed E-state index contributed by atoms with van der Waals surface area (Å²) in [6.07, 6.45) is 0. The van der Waals surface area contributed by atoms with Gasteiger partial charge in [0.05, 0.1) is 0 Å². The van der Waals surface area contributed by atoms with E-state index in [1.165, 1.54) is 0 Å². The van der Waals surface area contributed by atoms with Gasteiger partial charge in [0.15, 0.2) is 7.80 Å². The second kappa shape index (κ2) is 7.83. The molecule has 0 amide bonds. The van der Waals surface area contributed by atoms with Crippen LogP contribution in [0.2, 0.25) is 0 Å². The van der Waals surface area contributed by atoms with E-state index in [-0.39, 0.29) is 56.9 Å². The Morgan fingerprint density at radius 1 is 0.950 bits per heavy atom. The van der Waals surface area contributed by atoms with E-state index in [4.69, 9.17) is 0 Å². The van der Waals surface area contributed by atoms with E-state index >= 15 is 0 Å². The minimum atomic E-state index is -2.44. The third kappa shape index (κ3) is 4.00. The Morgan fingerprint density at radius 3 is 1.95 bits per heavy atom. The zero-order chi connectivity index (χ0) is 14.0. The van der Waals surface area contributed by atoms with Crippen molar-refractivity contribution in [2.24, 2.45) is 0 Å². The number of carbonyl (C=O) groups is 1. The third-order valence-corrected chi connectivity index (χ3v) is 4.67. The van der Waals surface area contributed by atoms with Crippen molar-refractivity contribution in [2.45, 2.75) is 20.8 Å². The summed E-state index contributed by atoms with van der Waals surface area (Å²) in [6, 6.07) is 12.9. The van der Waals surface area contributed by atoms with Crippen molar-refractivity contribution in [3.05, 3.63) is 64.7 Å². The molecule has 0 spiro atoms. The number of carbonyl (C=O) groups excluding carboxylic acids is 1. The van der Waals surface area contributed by atoms with Gasteiger partial charge in [-0.1, -0.05) is 48.0 Å². The number of aryl methyl sites for hydroxylation is 3. The second-order valence-electron chi connectivity index (χ2n) is 4.80. The zero-order valence-electron chi connectivity index (χ0n) is 12.4. The maximum Gasteiger partial charge on any atom is 0.223 e. The molecule has 0 heterocycles. The Kier molecular flexibility index (Phi) is 7.06. The number of hydrogen-bond acceptors (Lipinski definition) is 2.